The molecule has 0 amide bonds. The Morgan fingerprint density at radius 3 is 2.28 bits per heavy atom. The Kier molecular flexibility index (Phi) is 5.59. The zero-order chi connectivity index (χ0) is 13.8. The van der Waals surface area contributed by atoms with E-state index in [2.05, 4.69) is 0 Å². The lowest BCUT2D eigenvalue weighted by Crippen LogP contribution is -2.43. The van der Waals surface area contributed by atoms with Gasteiger partial charge in [0.2, 0.25) is 10.0 Å². The van der Waals surface area contributed by atoms with Gasteiger partial charge in [0.1, 0.15) is 6.54 Å². The molecule has 0 radical (unpaired) electrons. The third-order valence-electron chi connectivity index (χ3n) is 3.40. The van der Waals surface area contributed by atoms with Crippen LogP contribution in [-0.4, -0.2) is 42.1 Å². The van der Waals surface area contributed by atoms with E-state index in [4.69, 9.17) is 5.11 Å². The smallest absolute Gasteiger partial charge is 0.318 e. The molecule has 1 rings (SSSR count). The van der Waals surface area contributed by atoms with Gasteiger partial charge in [0.25, 0.3) is 0 Å². The molecule has 0 spiro atoms. The van der Waals surface area contributed by atoms with Gasteiger partial charge >= 0.3 is 5.97 Å². The van der Waals surface area contributed by atoms with Gasteiger partial charge < -0.3 is 5.11 Å². The van der Waals surface area contributed by atoms with E-state index in [0.29, 0.717) is 0 Å². The second-order valence-electron chi connectivity index (χ2n) is 5.32. The van der Waals surface area contributed by atoms with Crippen LogP contribution in [0.5, 0.6) is 0 Å². The van der Waals surface area contributed by atoms with E-state index in [1.807, 2.05) is 0 Å². The molecule has 0 saturated heterocycles. The van der Waals surface area contributed by atoms with E-state index >= 15 is 0 Å². The lowest BCUT2D eigenvalue weighted by atomic mass is 9.91. The largest absolute Gasteiger partial charge is 0.480 e. The van der Waals surface area contributed by atoms with Gasteiger partial charge in [-0.15, -0.1) is 0 Å². The molecule has 6 heteroatoms. The molecule has 1 aliphatic carbocycles. The minimum atomic E-state index is -3.46. The summed E-state index contributed by atoms with van der Waals surface area (Å²) in [7, 11) is -3.46. The fourth-order valence-corrected chi connectivity index (χ4v) is 4.55. The van der Waals surface area contributed by atoms with Gasteiger partial charge in [0.15, 0.2) is 0 Å². The molecule has 0 bridgehead atoms. The van der Waals surface area contributed by atoms with Gasteiger partial charge in [0, 0.05) is 6.04 Å². The molecule has 0 unspecified atom stereocenters. The summed E-state index contributed by atoms with van der Waals surface area (Å²) in [6, 6.07) is -0.310. The second-order valence-corrected chi connectivity index (χ2v) is 7.28. The molecular formula is C12H23NO4S. The Labute approximate surface area is 109 Å². The van der Waals surface area contributed by atoms with Crippen LogP contribution in [0.15, 0.2) is 0 Å². The normalized spacial score (nSPS) is 18.4. The van der Waals surface area contributed by atoms with Crippen LogP contribution >= 0.6 is 0 Å². The molecule has 18 heavy (non-hydrogen) atoms. The fourth-order valence-electron chi connectivity index (χ4n) is 2.48. The maximum Gasteiger partial charge on any atom is 0.318 e. The van der Waals surface area contributed by atoms with E-state index < -0.39 is 22.5 Å². The first kappa shape index (κ1) is 15.4. The van der Waals surface area contributed by atoms with Crippen LogP contribution in [0.25, 0.3) is 0 Å². The molecule has 0 aromatic carbocycles. The molecule has 1 N–H and O–H groups in total. The monoisotopic (exact) mass is 277 g/mol. The van der Waals surface area contributed by atoms with Gasteiger partial charge in [-0.2, -0.15) is 4.31 Å². The molecular weight excluding hydrogens is 254 g/mol. The SMILES string of the molecule is CC(C)N(CC(=O)O)S(=O)(=O)CC1CCCCC1. The van der Waals surface area contributed by atoms with Crippen molar-refractivity contribution in [2.75, 3.05) is 12.3 Å². The van der Waals surface area contributed by atoms with Crippen molar-refractivity contribution >= 4 is 16.0 Å². The van der Waals surface area contributed by atoms with E-state index in [1.165, 1.54) is 6.42 Å². The van der Waals surface area contributed by atoms with Gasteiger partial charge in [-0.3, -0.25) is 4.79 Å². The summed E-state index contributed by atoms with van der Waals surface area (Å²) in [5, 5.41) is 8.80. The van der Waals surface area contributed by atoms with Gasteiger partial charge in [-0.1, -0.05) is 19.3 Å². The van der Waals surface area contributed by atoms with Crippen LogP contribution < -0.4 is 0 Å². The number of carboxylic acid groups (broad SMARTS) is 1. The summed E-state index contributed by atoms with van der Waals surface area (Å²) in [6.07, 6.45) is 5.23. The Hall–Kier alpha value is -0.620. The highest BCUT2D eigenvalue weighted by Crippen LogP contribution is 2.26. The molecule has 0 aliphatic heterocycles. The first-order valence-corrected chi connectivity index (χ1v) is 8.15. The van der Waals surface area contributed by atoms with Gasteiger partial charge in [-0.25, -0.2) is 8.42 Å². The van der Waals surface area contributed by atoms with E-state index in [-0.39, 0.29) is 17.7 Å². The van der Waals surface area contributed by atoms with Crippen molar-refractivity contribution in [3.8, 4) is 0 Å². The maximum absolute atomic E-state index is 12.2. The summed E-state index contributed by atoms with van der Waals surface area (Å²) in [6.45, 7) is 2.98. The third kappa shape index (κ3) is 4.57. The van der Waals surface area contributed by atoms with Gasteiger partial charge in [0.05, 0.1) is 5.75 Å². The second kappa shape index (κ2) is 6.52. The van der Waals surface area contributed by atoms with Crippen LogP contribution in [-0.2, 0) is 14.8 Å². The molecule has 1 fully saturated rings. The highest BCUT2D eigenvalue weighted by atomic mass is 32.2. The Balaban J connectivity index is 2.71. The predicted octanol–water partition coefficient (Wildman–Crippen LogP) is 1.69. The standard InChI is InChI=1S/C12H23NO4S/c1-10(2)13(8-12(14)15)18(16,17)9-11-6-4-3-5-7-11/h10-11H,3-9H2,1-2H3,(H,14,15). The lowest BCUT2D eigenvalue weighted by Gasteiger charge is -2.28. The number of sulfonamides is 1. The zero-order valence-electron chi connectivity index (χ0n) is 11.1. The van der Waals surface area contributed by atoms with E-state index in [1.54, 1.807) is 13.8 Å². The summed E-state index contributed by atoms with van der Waals surface area (Å²) >= 11 is 0. The van der Waals surface area contributed by atoms with Crippen LogP contribution in [0.2, 0.25) is 0 Å². The quantitative estimate of drug-likeness (QED) is 0.801. The number of hydrogen-bond acceptors (Lipinski definition) is 3. The summed E-state index contributed by atoms with van der Waals surface area (Å²) in [5.41, 5.74) is 0. The summed E-state index contributed by atoms with van der Waals surface area (Å²) < 4.78 is 25.6. The zero-order valence-corrected chi connectivity index (χ0v) is 11.9. The molecule has 0 heterocycles. The molecule has 106 valence electrons. The van der Waals surface area contributed by atoms with Crippen molar-refractivity contribution in [1.29, 1.82) is 0 Å². The average Bonchev–Trinajstić information content (AvgIpc) is 2.26. The maximum atomic E-state index is 12.2. The highest BCUT2D eigenvalue weighted by Gasteiger charge is 2.30. The third-order valence-corrected chi connectivity index (χ3v) is 5.55. The first-order chi connectivity index (χ1) is 8.33. The average molecular weight is 277 g/mol. The number of aliphatic carboxylic acids is 1. The molecule has 0 aromatic heterocycles. The van der Waals surface area contributed by atoms with Crippen molar-refractivity contribution in [3.05, 3.63) is 0 Å². The van der Waals surface area contributed by atoms with Crippen LogP contribution in [0.3, 0.4) is 0 Å². The molecule has 0 aromatic rings. The van der Waals surface area contributed by atoms with Crippen molar-refractivity contribution in [1.82, 2.24) is 4.31 Å². The first-order valence-electron chi connectivity index (χ1n) is 6.54. The highest BCUT2D eigenvalue weighted by molar-refractivity contribution is 7.89. The summed E-state index contributed by atoms with van der Waals surface area (Å²) in [4.78, 5) is 10.7. The van der Waals surface area contributed by atoms with Crippen LogP contribution in [0, 0.1) is 5.92 Å². The number of carbonyl (C=O) groups is 1. The van der Waals surface area contributed by atoms with Crippen molar-refractivity contribution < 1.29 is 18.3 Å². The predicted molar refractivity (Wildman–Crippen MR) is 69.8 cm³/mol. The van der Waals surface area contributed by atoms with E-state index in [9.17, 15) is 13.2 Å². The van der Waals surface area contributed by atoms with E-state index in [0.717, 1.165) is 30.0 Å². The summed E-state index contributed by atoms with van der Waals surface area (Å²) in [5.74, 6) is -0.812. The van der Waals surface area contributed by atoms with Crippen molar-refractivity contribution in [3.63, 3.8) is 0 Å². The lowest BCUT2D eigenvalue weighted by molar-refractivity contribution is -0.137. The molecule has 0 atom stereocenters. The Bertz CT molecular complexity index is 372. The van der Waals surface area contributed by atoms with Crippen LogP contribution in [0.4, 0.5) is 0 Å². The number of carboxylic acids is 1. The van der Waals surface area contributed by atoms with Crippen molar-refractivity contribution in [2.45, 2.75) is 52.0 Å². The number of rotatable bonds is 6. The minimum absolute atomic E-state index is 0.0957. The van der Waals surface area contributed by atoms with Gasteiger partial charge in [-0.05, 0) is 32.6 Å². The van der Waals surface area contributed by atoms with Crippen molar-refractivity contribution in [2.24, 2.45) is 5.92 Å². The molecule has 5 nitrogen and oxygen atoms in total. The molecule has 1 saturated carbocycles. The number of hydrogen-bond donors (Lipinski definition) is 1. The fraction of sp³-hybridized carbons (Fsp3) is 0.917. The Morgan fingerprint density at radius 1 is 1.28 bits per heavy atom. The minimum Gasteiger partial charge on any atom is -0.480 e. The molecule has 1 aliphatic rings. The number of nitrogens with zero attached hydrogens (tertiary/aromatic N) is 1. The topological polar surface area (TPSA) is 74.7 Å². The Morgan fingerprint density at radius 2 is 1.83 bits per heavy atom. The van der Waals surface area contributed by atoms with Crippen LogP contribution in [0.1, 0.15) is 46.0 Å².